The monoisotopic (exact) mass is 364 g/mol. The summed E-state index contributed by atoms with van der Waals surface area (Å²) in [6, 6.07) is 8.72. The van der Waals surface area contributed by atoms with Gasteiger partial charge >= 0.3 is 0 Å². The quantitative estimate of drug-likeness (QED) is 0.370. The summed E-state index contributed by atoms with van der Waals surface area (Å²) in [6.07, 6.45) is 1.41. The first-order valence-electron chi connectivity index (χ1n) is 7.48. The highest BCUT2D eigenvalue weighted by molar-refractivity contribution is 7.99. The lowest BCUT2D eigenvalue weighted by Crippen LogP contribution is -2.34. The van der Waals surface area contributed by atoms with Gasteiger partial charge in [0, 0.05) is 22.4 Å². The number of thiophene rings is 1. The largest absolute Gasteiger partial charge is 0.618 e. The molecule has 2 rings (SSSR count). The van der Waals surface area contributed by atoms with Crippen molar-refractivity contribution >= 4 is 34.8 Å². The van der Waals surface area contributed by atoms with Gasteiger partial charge in [-0.2, -0.15) is 4.73 Å². The first kappa shape index (κ1) is 18.5. The molecule has 0 saturated carbocycles. The lowest BCUT2D eigenvalue weighted by atomic mass is 9.96. The highest BCUT2D eigenvalue weighted by Crippen LogP contribution is 2.21. The second-order valence-electron chi connectivity index (χ2n) is 6.28. The normalized spacial score (nSPS) is 11.3. The van der Waals surface area contributed by atoms with Crippen LogP contribution in [0.25, 0.3) is 0 Å². The summed E-state index contributed by atoms with van der Waals surface area (Å²) in [5, 5.41) is 14.9. The molecule has 0 aliphatic heterocycles. The molecule has 1 amide bonds. The minimum Gasteiger partial charge on any atom is -0.618 e. The molecule has 0 atom stereocenters. The van der Waals surface area contributed by atoms with Gasteiger partial charge in [-0.3, -0.25) is 9.59 Å². The summed E-state index contributed by atoms with van der Waals surface area (Å²) in [5.41, 5.74) is -0.435. The Kier molecular flexibility index (Phi) is 6.01. The number of ketones is 1. The number of aromatic nitrogens is 1. The zero-order valence-corrected chi connectivity index (χ0v) is 15.5. The summed E-state index contributed by atoms with van der Waals surface area (Å²) in [7, 11) is 0. The Balaban J connectivity index is 1.89. The van der Waals surface area contributed by atoms with Gasteiger partial charge in [0.25, 0.3) is 5.03 Å². The van der Waals surface area contributed by atoms with Gasteiger partial charge in [-0.1, -0.05) is 20.8 Å². The molecule has 0 fully saturated rings. The van der Waals surface area contributed by atoms with Gasteiger partial charge in [-0.15, -0.1) is 11.3 Å². The molecule has 0 aromatic carbocycles. The molecule has 0 spiro atoms. The van der Waals surface area contributed by atoms with E-state index in [4.69, 9.17) is 0 Å². The predicted octanol–water partition coefficient (Wildman–Crippen LogP) is 3.02. The number of pyridine rings is 1. The third kappa shape index (κ3) is 5.07. The van der Waals surface area contributed by atoms with Crippen molar-refractivity contribution in [2.45, 2.75) is 32.3 Å². The Morgan fingerprint density at radius 1 is 1.25 bits per heavy atom. The fraction of sp³-hybridized carbons (Fsp3) is 0.353. The van der Waals surface area contributed by atoms with E-state index in [1.807, 2.05) is 26.8 Å². The topological polar surface area (TPSA) is 73.1 Å². The first-order chi connectivity index (χ1) is 11.3. The maximum Gasteiger partial charge on any atom is 0.251 e. The molecular weight excluding hydrogens is 344 g/mol. The summed E-state index contributed by atoms with van der Waals surface area (Å²) < 4.78 is 0.750. The minimum atomic E-state index is -0.435. The zero-order valence-electron chi connectivity index (χ0n) is 13.9. The van der Waals surface area contributed by atoms with Crippen LogP contribution in [-0.2, 0) is 11.3 Å². The highest BCUT2D eigenvalue weighted by atomic mass is 32.2. The van der Waals surface area contributed by atoms with E-state index in [0.29, 0.717) is 16.4 Å². The molecule has 5 nitrogen and oxygen atoms in total. The van der Waals surface area contributed by atoms with Crippen molar-refractivity contribution in [3.05, 3.63) is 51.5 Å². The van der Waals surface area contributed by atoms with Gasteiger partial charge < -0.3 is 10.5 Å². The third-order valence-electron chi connectivity index (χ3n) is 3.18. The summed E-state index contributed by atoms with van der Waals surface area (Å²) in [4.78, 5) is 25.7. The molecule has 2 heterocycles. The van der Waals surface area contributed by atoms with Gasteiger partial charge in [0.1, 0.15) is 0 Å². The summed E-state index contributed by atoms with van der Waals surface area (Å²) in [5.74, 6) is 0.159. The number of thioether (sulfide) groups is 1. The van der Waals surface area contributed by atoms with Crippen LogP contribution in [-0.4, -0.2) is 17.4 Å². The number of nitrogens with one attached hydrogen (secondary N) is 1. The van der Waals surface area contributed by atoms with Crippen molar-refractivity contribution in [2.24, 2.45) is 5.41 Å². The lowest BCUT2D eigenvalue weighted by Gasteiger charge is -2.17. The zero-order chi connectivity index (χ0) is 17.7. The van der Waals surface area contributed by atoms with E-state index in [2.05, 4.69) is 5.32 Å². The number of nitrogens with zero attached hydrogens (tertiary/aromatic N) is 1. The van der Waals surface area contributed by atoms with E-state index < -0.39 is 5.41 Å². The van der Waals surface area contributed by atoms with Gasteiger partial charge in [0.05, 0.1) is 17.2 Å². The molecule has 2 aromatic heterocycles. The average molecular weight is 364 g/mol. The first-order valence-corrected chi connectivity index (χ1v) is 9.29. The number of carbonyl (C=O) groups is 2. The van der Waals surface area contributed by atoms with E-state index in [1.165, 1.54) is 29.3 Å². The van der Waals surface area contributed by atoms with Crippen LogP contribution in [0.4, 0.5) is 0 Å². The average Bonchev–Trinajstić information content (AvgIpc) is 2.99. The maximum atomic E-state index is 12.2. The molecule has 7 heteroatoms. The highest BCUT2D eigenvalue weighted by Gasteiger charge is 2.21. The number of hydrogen-bond acceptors (Lipinski definition) is 5. The van der Waals surface area contributed by atoms with Crippen molar-refractivity contribution in [1.29, 1.82) is 0 Å². The second kappa shape index (κ2) is 7.81. The molecule has 0 unspecified atom stereocenters. The van der Waals surface area contributed by atoms with Crippen LogP contribution in [0.3, 0.4) is 0 Å². The van der Waals surface area contributed by atoms with Crippen LogP contribution < -0.4 is 10.0 Å². The number of carbonyl (C=O) groups excluding carboxylic acids is 2. The van der Waals surface area contributed by atoms with Crippen molar-refractivity contribution in [3.8, 4) is 0 Å². The lowest BCUT2D eigenvalue weighted by molar-refractivity contribution is -0.645. The standard InChI is InChI=1S/C17H20N2O3S2/c1-17(2,3)16(21)18-10-12-7-8-14(24-12)13(20)11-23-15-6-4-5-9-19(15)22/h4-9H,10-11H2,1-3H3,(H,18,21). The minimum absolute atomic E-state index is 0.0246. The number of amides is 1. The molecular formula is C17H20N2O3S2. The Morgan fingerprint density at radius 3 is 2.67 bits per heavy atom. The molecule has 0 radical (unpaired) electrons. The van der Waals surface area contributed by atoms with Crippen LogP contribution >= 0.6 is 23.1 Å². The van der Waals surface area contributed by atoms with E-state index >= 15 is 0 Å². The molecule has 1 N–H and O–H groups in total. The van der Waals surface area contributed by atoms with Gasteiger partial charge in [-0.25, -0.2) is 0 Å². The fourth-order valence-corrected chi connectivity index (χ4v) is 3.56. The molecule has 0 saturated heterocycles. The molecule has 0 bridgehead atoms. The number of rotatable bonds is 6. The Hall–Kier alpha value is -1.86. The van der Waals surface area contributed by atoms with Crippen LogP contribution in [0.15, 0.2) is 41.6 Å². The van der Waals surface area contributed by atoms with Gasteiger partial charge in [-0.05, 0) is 30.0 Å². The van der Waals surface area contributed by atoms with Crippen molar-refractivity contribution < 1.29 is 14.3 Å². The molecule has 0 aliphatic rings. The second-order valence-corrected chi connectivity index (χ2v) is 8.44. The van der Waals surface area contributed by atoms with Gasteiger partial charge in [0.2, 0.25) is 5.91 Å². The van der Waals surface area contributed by atoms with Crippen molar-refractivity contribution in [2.75, 3.05) is 5.75 Å². The van der Waals surface area contributed by atoms with Gasteiger partial charge in [0.15, 0.2) is 12.0 Å². The number of hydrogen-bond donors (Lipinski definition) is 1. The molecule has 128 valence electrons. The summed E-state index contributed by atoms with van der Waals surface area (Å²) >= 11 is 2.59. The molecule has 24 heavy (non-hydrogen) atoms. The Morgan fingerprint density at radius 2 is 2.00 bits per heavy atom. The van der Waals surface area contributed by atoms with Crippen LogP contribution in [0.1, 0.15) is 35.3 Å². The molecule has 2 aromatic rings. The van der Waals surface area contributed by atoms with E-state index in [-0.39, 0.29) is 17.4 Å². The smallest absolute Gasteiger partial charge is 0.251 e. The van der Waals surface area contributed by atoms with Crippen LogP contribution in [0.5, 0.6) is 0 Å². The maximum absolute atomic E-state index is 12.2. The Labute approximate surface area is 149 Å². The van der Waals surface area contributed by atoms with E-state index in [9.17, 15) is 14.8 Å². The van der Waals surface area contributed by atoms with Crippen LogP contribution in [0.2, 0.25) is 0 Å². The van der Waals surface area contributed by atoms with Crippen molar-refractivity contribution in [1.82, 2.24) is 5.32 Å². The third-order valence-corrected chi connectivity index (χ3v) is 5.33. The summed E-state index contributed by atoms with van der Waals surface area (Å²) in [6.45, 7) is 5.98. The predicted molar refractivity (Wildman–Crippen MR) is 96.1 cm³/mol. The van der Waals surface area contributed by atoms with Crippen LogP contribution in [0, 0.1) is 10.6 Å². The van der Waals surface area contributed by atoms with E-state index in [1.54, 1.807) is 24.3 Å². The fourth-order valence-electron chi connectivity index (χ4n) is 1.79. The Bertz CT molecular complexity index is 735. The van der Waals surface area contributed by atoms with Crippen molar-refractivity contribution in [3.63, 3.8) is 0 Å². The molecule has 0 aliphatic carbocycles. The SMILES string of the molecule is CC(C)(C)C(=O)NCc1ccc(C(=O)CSc2cccc[n+]2[O-])s1. The van der Waals surface area contributed by atoms with E-state index in [0.717, 1.165) is 9.61 Å². The number of Topliss-reactive ketones (excluding diaryl/α,β-unsaturated/α-hetero) is 1.